The van der Waals surface area contributed by atoms with Crippen LogP contribution >= 0.6 is 0 Å². The fourth-order valence-electron chi connectivity index (χ4n) is 2.67. The fourth-order valence-corrected chi connectivity index (χ4v) is 2.67. The molecule has 1 amide bonds. The van der Waals surface area contributed by atoms with Gasteiger partial charge < -0.3 is 24.6 Å². The van der Waals surface area contributed by atoms with Crippen molar-refractivity contribution in [2.45, 2.75) is 6.61 Å². The van der Waals surface area contributed by atoms with Gasteiger partial charge in [-0.3, -0.25) is 0 Å². The third kappa shape index (κ3) is 4.49. The number of amides is 1. The Morgan fingerprint density at radius 1 is 1.08 bits per heavy atom. The number of hydrogen-bond acceptors (Lipinski definition) is 6. The van der Waals surface area contributed by atoms with Crippen LogP contribution in [0.3, 0.4) is 0 Å². The molecule has 7 nitrogen and oxygen atoms in total. The highest BCUT2D eigenvalue weighted by atomic mass is 16.6. The molecule has 0 aliphatic carbocycles. The highest BCUT2D eigenvalue weighted by Gasteiger charge is 2.23. The zero-order chi connectivity index (χ0) is 17.6. The number of aromatic nitrogens is 1. The van der Waals surface area contributed by atoms with Crippen molar-refractivity contribution in [2.24, 2.45) is 0 Å². The molecule has 1 saturated heterocycles. The van der Waals surface area contributed by atoms with Crippen LogP contribution in [0.4, 0.5) is 10.6 Å². The Morgan fingerprint density at radius 3 is 2.40 bits per heavy atom. The first-order chi connectivity index (χ1) is 12.1. The molecule has 1 fully saturated rings. The van der Waals surface area contributed by atoms with Crippen LogP contribution in [-0.2, 0) is 11.3 Å². The van der Waals surface area contributed by atoms with Gasteiger partial charge in [0.25, 0.3) is 0 Å². The third-order valence-electron chi connectivity index (χ3n) is 4.14. The van der Waals surface area contributed by atoms with Crippen molar-refractivity contribution in [1.29, 1.82) is 0 Å². The normalized spacial score (nSPS) is 14.3. The number of carbonyl (C=O) groups is 1. The largest absolute Gasteiger partial charge is 0.490 e. The topological polar surface area (TPSA) is 86.1 Å². The highest BCUT2D eigenvalue weighted by Crippen LogP contribution is 2.13. The van der Waals surface area contributed by atoms with Gasteiger partial charge in [0.2, 0.25) is 0 Å². The predicted molar refractivity (Wildman–Crippen MR) is 94.5 cm³/mol. The molecule has 2 heterocycles. The van der Waals surface area contributed by atoms with Crippen LogP contribution in [-0.4, -0.2) is 59.3 Å². The van der Waals surface area contributed by atoms with Crippen LogP contribution in [0.1, 0.15) is 5.56 Å². The molecule has 1 aliphatic heterocycles. The Balaban J connectivity index is 1.48. The van der Waals surface area contributed by atoms with E-state index in [1.54, 1.807) is 17.0 Å². The summed E-state index contributed by atoms with van der Waals surface area (Å²) in [5, 5.41) is 18.2. The monoisotopic (exact) mass is 341 g/mol. The van der Waals surface area contributed by atoms with Crippen molar-refractivity contribution in [3.05, 3.63) is 54.2 Å². The molecule has 3 rings (SSSR count). The molecule has 0 saturated carbocycles. The zero-order valence-corrected chi connectivity index (χ0v) is 13.8. The van der Waals surface area contributed by atoms with E-state index in [0.29, 0.717) is 31.6 Å². The van der Waals surface area contributed by atoms with Gasteiger partial charge in [-0.2, -0.15) is 0 Å². The summed E-state index contributed by atoms with van der Waals surface area (Å²) in [5.74, 6) is 0.752. The Labute approximate surface area is 146 Å². The number of pyridine rings is 1. The van der Waals surface area contributed by atoms with E-state index in [1.807, 2.05) is 30.3 Å². The lowest BCUT2D eigenvalue weighted by Crippen LogP contribution is -2.49. The van der Waals surface area contributed by atoms with Gasteiger partial charge in [0.15, 0.2) is 0 Å². The third-order valence-corrected chi connectivity index (χ3v) is 4.14. The summed E-state index contributed by atoms with van der Waals surface area (Å²) < 4.78 is 5.35. The maximum atomic E-state index is 12.1. The van der Waals surface area contributed by atoms with Gasteiger partial charge >= 0.3 is 13.2 Å². The summed E-state index contributed by atoms with van der Waals surface area (Å²) in [5.41, 5.74) is 1.32. The zero-order valence-electron chi connectivity index (χ0n) is 13.8. The summed E-state index contributed by atoms with van der Waals surface area (Å²) in [6.07, 6.45) is 1.13. The van der Waals surface area contributed by atoms with Gasteiger partial charge in [0, 0.05) is 37.8 Å². The van der Waals surface area contributed by atoms with Gasteiger partial charge in [0.05, 0.1) is 0 Å². The van der Waals surface area contributed by atoms with E-state index in [2.05, 4.69) is 9.88 Å². The second kappa shape index (κ2) is 8.00. The van der Waals surface area contributed by atoms with Crippen LogP contribution in [0, 0.1) is 0 Å². The lowest BCUT2D eigenvalue weighted by Gasteiger charge is -2.34. The van der Waals surface area contributed by atoms with Gasteiger partial charge in [-0.25, -0.2) is 9.78 Å². The Hall–Kier alpha value is -2.58. The number of ether oxygens (including phenoxy) is 1. The standard InChI is InChI=1S/C17H20BN3O4/c22-17(25-13-14-4-2-1-3-5-14)21-10-8-20(9-11-21)16-7-6-15(12-19-16)18(23)24/h1-7,12,23-24H,8-11,13H2. The molecule has 1 aromatic carbocycles. The van der Waals surface area contributed by atoms with Crippen molar-refractivity contribution in [2.75, 3.05) is 31.1 Å². The predicted octanol–water partition coefficient (Wildman–Crippen LogP) is 0.220. The smallest absolute Gasteiger partial charge is 0.445 e. The summed E-state index contributed by atoms with van der Waals surface area (Å²) in [7, 11) is -1.52. The van der Waals surface area contributed by atoms with Crippen LogP contribution in [0.5, 0.6) is 0 Å². The lowest BCUT2D eigenvalue weighted by molar-refractivity contribution is 0.0941. The number of hydrogen-bond donors (Lipinski definition) is 2. The Bertz CT molecular complexity index is 689. The summed E-state index contributed by atoms with van der Waals surface area (Å²) in [6, 6.07) is 13.0. The van der Waals surface area contributed by atoms with Gasteiger partial charge in [-0.1, -0.05) is 36.4 Å². The number of carbonyl (C=O) groups excluding carboxylic acids is 1. The molecule has 2 N–H and O–H groups in total. The van der Waals surface area contributed by atoms with Crippen LogP contribution < -0.4 is 10.4 Å². The van der Waals surface area contributed by atoms with Gasteiger partial charge in [-0.15, -0.1) is 0 Å². The summed E-state index contributed by atoms with van der Waals surface area (Å²) in [4.78, 5) is 20.1. The Kier molecular flexibility index (Phi) is 5.52. The first-order valence-electron chi connectivity index (χ1n) is 8.16. The minimum absolute atomic E-state index is 0.270. The van der Waals surface area contributed by atoms with E-state index >= 15 is 0 Å². The number of benzene rings is 1. The maximum absolute atomic E-state index is 12.1. The van der Waals surface area contributed by atoms with Crippen LogP contribution in [0.25, 0.3) is 0 Å². The summed E-state index contributed by atoms with van der Waals surface area (Å²) >= 11 is 0. The highest BCUT2D eigenvalue weighted by molar-refractivity contribution is 6.58. The molecule has 1 aliphatic rings. The Morgan fingerprint density at radius 2 is 1.80 bits per heavy atom. The molecule has 1 aromatic heterocycles. The minimum Gasteiger partial charge on any atom is -0.445 e. The lowest BCUT2D eigenvalue weighted by atomic mass is 9.82. The molecule has 0 spiro atoms. The molecular weight excluding hydrogens is 321 g/mol. The average molecular weight is 341 g/mol. The first-order valence-corrected chi connectivity index (χ1v) is 8.16. The number of nitrogens with zero attached hydrogens (tertiary/aromatic N) is 3. The quantitative estimate of drug-likeness (QED) is 0.774. The maximum Gasteiger partial charge on any atom is 0.490 e. The van der Waals surface area contributed by atoms with Crippen molar-refractivity contribution < 1.29 is 19.6 Å². The molecule has 0 atom stereocenters. The van der Waals surface area contributed by atoms with E-state index in [0.717, 1.165) is 11.4 Å². The minimum atomic E-state index is -1.52. The van der Waals surface area contributed by atoms with Crippen molar-refractivity contribution >= 4 is 24.5 Å². The van der Waals surface area contributed by atoms with E-state index < -0.39 is 7.12 Å². The molecule has 0 bridgehead atoms. The van der Waals surface area contributed by atoms with Crippen LogP contribution in [0.15, 0.2) is 48.7 Å². The van der Waals surface area contributed by atoms with Crippen molar-refractivity contribution in [1.82, 2.24) is 9.88 Å². The molecular formula is C17H20BN3O4. The van der Waals surface area contributed by atoms with Crippen molar-refractivity contribution in [3.8, 4) is 0 Å². The van der Waals surface area contributed by atoms with E-state index in [-0.39, 0.29) is 12.7 Å². The number of rotatable bonds is 4. The average Bonchev–Trinajstić information content (AvgIpc) is 2.67. The molecule has 130 valence electrons. The van der Waals surface area contributed by atoms with Crippen LogP contribution in [0.2, 0.25) is 0 Å². The van der Waals surface area contributed by atoms with E-state index in [4.69, 9.17) is 14.8 Å². The van der Waals surface area contributed by atoms with E-state index in [9.17, 15) is 4.79 Å². The molecule has 2 aromatic rings. The van der Waals surface area contributed by atoms with Crippen molar-refractivity contribution in [3.63, 3.8) is 0 Å². The molecule has 8 heteroatoms. The second-order valence-corrected chi connectivity index (χ2v) is 5.84. The second-order valence-electron chi connectivity index (χ2n) is 5.84. The van der Waals surface area contributed by atoms with Gasteiger partial charge in [-0.05, 0) is 11.6 Å². The number of anilines is 1. The fraction of sp³-hybridized carbons (Fsp3) is 0.294. The van der Waals surface area contributed by atoms with E-state index in [1.165, 1.54) is 6.20 Å². The van der Waals surface area contributed by atoms with Gasteiger partial charge in [0.1, 0.15) is 12.4 Å². The molecule has 0 radical (unpaired) electrons. The summed E-state index contributed by atoms with van der Waals surface area (Å²) in [6.45, 7) is 2.68. The molecule has 25 heavy (non-hydrogen) atoms. The SMILES string of the molecule is O=C(OCc1ccccc1)N1CCN(c2ccc(B(O)O)cn2)CC1. The first kappa shape index (κ1) is 17.3. The molecule has 0 unspecified atom stereocenters. The number of piperazine rings is 1.